The maximum Gasteiger partial charge on any atom is 0.272 e. The van der Waals surface area contributed by atoms with Crippen LogP contribution in [0.2, 0.25) is 0 Å². The van der Waals surface area contributed by atoms with E-state index in [-0.39, 0.29) is 11.7 Å². The third-order valence-electron chi connectivity index (χ3n) is 4.74. The third-order valence-corrected chi connectivity index (χ3v) is 4.74. The van der Waals surface area contributed by atoms with Gasteiger partial charge in [-0.15, -0.1) is 0 Å². The zero-order chi connectivity index (χ0) is 17.9. The number of nitrogens with one attached hydrogen (secondary N) is 1. The topological polar surface area (TPSA) is 75.5 Å². The molecule has 0 bridgehead atoms. The average molecular weight is 353 g/mol. The number of aromatic amines is 1. The van der Waals surface area contributed by atoms with Crippen molar-refractivity contribution in [3.05, 3.63) is 64.0 Å². The van der Waals surface area contributed by atoms with Gasteiger partial charge in [-0.3, -0.25) is 19.8 Å². The summed E-state index contributed by atoms with van der Waals surface area (Å²) >= 11 is 0. The van der Waals surface area contributed by atoms with Crippen molar-refractivity contribution in [2.75, 3.05) is 13.1 Å². The summed E-state index contributed by atoms with van der Waals surface area (Å²) in [5.41, 5.74) is 3.33. The van der Waals surface area contributed by atoms with Gasteiger partial charge in [0.1, 0.15) is 0 Å². The summed E-state index contributed by atoms with van der Waals surface area (Å²) < 4.78 is 7.47. The molecule has 0 aliphatic carbocycles. The molecule has 1 aliphatic heterocycles. The summed E-state index contributed by atoms with van der Waals surface area (Å²) in [5.74, 6) is 0. The number of aromatic nitrogens is 4. The molecule has 0 aromatic carbocycles. The lowest BCUT2D eigenvalue weighted by Crippen LogP contribution is -2.37. The second-order valence-electron chi connectivity index (χ2n) is 6.83. The quantitative estimate of drug-likeness (QED) is 0.758. The van der Waals surface area contributed by atoms with Crippen LogP contribution < -0.4 is 5.56 Å². The number of piperidine rings is 1. The molecular weight excluding hydrogens is 330 g/mol. The lowest BCUT2D eigenvalue weighted by atomic mass is 10.1. The molecule has 0 saturated carbocycles. The minimum absolute atomic E-state index is 0.0633. The summed E-state index contributed by atoms with van der Waals surface area (Å²) in [5, 5.41) is 3.00. The maximum absolute atomic E-state index is 12.2. The second kappa shape index (κ2) is 7.39. The Balaban J connectivity index is 1.32. The van der Waals surface area contributed by atoms with Crippen LogP contribution in [0.1, 0.15) is 29.9 Å². The van der Waals surface area contributed by atoms with Gasteiger partial charge in [-0.2, -0.15) is 0 Å². The van der Waals surface area contributed by atoms with Crippen molar-refractivity contribution in [2.45, 2.75) is 39.0 Å². The predicted octanol–water partition coefficient (Wildman–Crippen LogP) is 1.91. The molecular formula is C19H23N5O2. The molecule has 136 valence electrons. The molecule has 0 radical (unpaired) electrons. The number of H-pyrrole nitrogens is 1. The Morgan fingerprint density at radius 1 is 1.23 bits per heavy atom. The molecule has 3 aromatic heterocycles. The zero-order valence-electron chi connectivity index (χ0n) is 14.9. The Bertz CT molecular complexity index is 926. The summed E-state index contributed by atoms with van der Waals surface area (Å²) in [7, 11) is 0. The number of nitrogens with zero attached hydrogens (tertiary/aromatic N) is 4. The van der Waals surface area contributed by atoms with Gasteiger partial charge in [-0.25, -0.2) is 9.50 Å². The number of fused-ring (bicyclic) bond motifs is 1. The highest BCUT2D eigenvalue weighted by Crippen LogP contribution is 2.17. The van der Waals surface area contributed by atoms with Gasteiger partial charge < -0.3 is 4.74 Å². The molecule has 1 N–H and O–H groups in total. The normalized spacial score (nSPS) is 16.3. The fraction of sp³-hybridized carbons (Fsp3) is 0.421. The zero-order valence-corrected chi connectivity index (χ0v) is 14.9. The van der Waals surface area contributed by atoms with Gasteiger partial charge in [-0.1, -0.05) is 6.07 Å². The molecule has 1 fully saturated rings. The highest BCUT2D eigenvalue weighted by Gasteiger charge is 2.20. The summed E-state index contributed by atoms with van der Waals surface area (Å²) in [4.78, 5) is 23.4. The van der Waals surface area contributed by atoms with Crippen LogP contribution in [0.5, 0.6) is 0 Å². The first-order valence-corrected chi connectivity index (χ1v) is 8.99. The van der Waals surface area contributed by atoms with E-state index in [1.807, 2.05) is 31.2 Å². The lowest BCUT2D eigenvalue weighted by Gasteiger charge is -2.31. The van der Waals surface area contributed by atoms with Gasteiger partial charge in [0.25, 0.3) is 5.56 Å². The highest BCUT2D eigenvalue weighted by atomic mass is 16.5. The smallest absolute Gasteiger partial charge is 0.272 e. The Hall–Kier alpha value is -2.51. The van der Waals surface area contributed by atoms with Crippen LogP contribution in [0.3, 0.4) is 0 Å². The van der Waals surface area contributed by atoms with Crippen molar-refractivity contribution in [3.63, 3.8) is 0 Å². The monoisotopic (exact) mass is 353 g/mol. The summed E-state index contributed by atoms with van der Waals surface area (Å²) in [6.45, 7) is 5.07. The van der Waals surface area contributed by atoms with E-state index >= 15 is 0 Å². The minimum Gasteiger partial charge on any atom is -0.372 e. The van der Waals surface area contributed by atoms with Crippen LogP contribution in [0, 0.1) is 6.92 Å². The van der Waals surface area contributed by atoms with Crippen molar-refractivity contribution in [3.8, 4) is 0 Å². The molecule has 0 amide bonds. The van der Waals surface area contributed by atoms with E-state index < -0.39 is 0 Å². The third kappa shape index (κ3) is 3.84. The van der Waals surface area contributed by atoms with Gasteiger partial charge in [-0.05, 0) is 31.9 Å². The number of aryl methyl sites for hydroxylation is 1. The fourth-order valence-electron chi connectivity index (χ4n) is 3.39. The SMILES string of the molecule is Cc1cc2nc(CN3CCC(OCc4ccccn4)CC3)cc(=O)n2[nH]1. The van der Waals surface area contributed by atoms with E-state index in [2.05, 4.69) is 20.0 Å². The Morgan fingerprint density at radius 3 is 2.85 bits per heavy atom. The van der Waals surface area contributed by atoms with Crippen LogP contribution in [-0.2, 0) is 17.9 Å². The first-order chi connectivity index (χ1) is 12.7. The van der Waals surface area contributed by atoms with Crippen molar-refractivity contribution in [2.24, 2.45) is 0 Å². The molecule has 26 heavy (non-hydrogen) atoms. The minimum atomic E-state index is -0.0633. The van der Waals surface area contributed by atoms with Crippen LogP contribution in [0.25, 0.3) is 5.65 Å². The van der Waals surface area contributed by atoms with E-state index in [9.17, 15) is 4.79 Å². The number of hydrogen-bond donors (Lipinski definition) is 1. The van der Waals surface area contributed by atoms with Crippen molar-refractivity contribution in [1.82, 2.24) is 24.5 Å². The molecule has 4 heterocycles. The van der Waals surface area contributed by atoms with E-state index in [0.717, 1.165) is 43.0 Å². The Labute approximate surface area is 151 Å². The molecule has 3 aromatic rings. The molecule has 0 atom stereocenters. The van der Waals surface area contributed by atoms with Crippen LogP contribution in [-0.4, -0.2) is 43.7 Å². The van der Waals surface area contributed by atoms with E-state index in [4.69, 9.17) is 4.74 Å². The van der Waals surface area contributed by atoms with Crippen LogP contribution >= 0.6 is 0 Å². The number of likely N-dealkylation sites (tertiary alicyclic amines) is 1. The fourth-order valence-corrected chi connectivity index (χ4v) is 3.39. The second-order valence-corrected chi connectivity index (χ2v) is 6.83. The van der Waals surface area contributed by atoms with Crippen molar-refractivity contribution >= 4 is 5.65 Å². The van der Waals surface area contributed by atoms with Gasteiger partial charge in [0.05, 0.1) is 24.1 Å². The summed E-state index contributed by atoms with van der Waals surface area (Å²) in [6, 6.07) is 9.38. The van der Waals surface area contributed by atoms with Gasteiger partial charge in [0.2, 0.25) is 0 Å². The standard InChI is InChI=1S/C19H23N5O2/c1-14-10-18-21-16(11-19(25)24(18)22-14)12-23-8-5-17(6-9-23)26-13-15-4-2-3-7-20-15/h2-4,7,10-11,17,22H,5-6,8-9,12-13H2,1H3. The molecule has 1 aliphatic rings. The highest BCUT2D eigenvalue weighted by molar-refractivity contribution is 5.39. The molecule has 0 unspecified atom stereocenters. The van der Waals surface area contributed by atoms with Gasteiger partial charge >= 0.3 is 0 Å². The van der Waals surface area contributed by atoms with Gasteiger partial charge in [0, 0.05) is 43.7 Å². The lowest BCUT2D eigenvalue weighted by molar-refractivity contribution is -0.00542. The van der Waals surface area contributed by atoms with Crippen LogP contribution in [0.4, 0.5) is 0 Å². The number of hydrogen-bond acceptors (Lipinski definition) is 5. The molecule has 1 saturated heterocycles. The van der Waals surface area contributed by atoms with Crippen molar-refractivity contribution in [1.29, 1.82) is 0 Å². The largest absolute Gasteiger partial charge is 0.372 e. The van der Waals surface area contributed by atoms with Gasteiger partial charge in [0.15, 0.2) is 5.65 Å². The predicted molar refractivity (Wildman–Crippen MR) is 97.9 cm³/mol. The van der Waals surface area contributed by atoms with E-state index in [1.54, 1.807) is 12.3 Å². The average Bonchev–Trinajstić information content (AvgIpc) is 3.03. The molecule has 7 nitrogen and oxygen atoms in total. The van der Waals surface area contributed by atoms with Crippen LogP contribution in [0.15, 0.2) is 41.3 Å². The van der Waals surface area contributed by atoms with E-state index in [0.29, 0.717) is 18.8 Å². The first-order valence-electron chi connectivity index (χ1n) is 8.99. The number of ether oxygens (including phenoxy) is 1. The molecule has 7 heteroatoms. The number of pyridine rings is 1. The number of rotatable bonds is 5. The summed E-state index contributed by atoms with van der Waals surface area (Å²) in [6.07, 6.45) is 4.02. The maximum atomic E-state index is 12.2. The Morgan fingerprint density at radius 2 is 2.08 bits per heavy atom. The first kappa shape index (κ1) is 16.9. The van der Waals surface area contributed by atoms with E-state index in [1.165, 1.54) is 4.52 Å². The molecule has 0 spiro atoms. The van der Waals surface area contributed by atoms with Crippen molar-refractivity contribution < 1.29 is 4.74 Å². The molecule has 4 rings (SSSR count). The Kier molecular flexibility index (Phi) is 4.81.